The van der Waals surface area contributed by atoms with Gasteiger partial charge in [0.25, 0.3) is 0 Å². The van der Waals surface area contributed by atoms with Crippen LogP contribution in [-0.2, 0) is 10.2 Å². The van der Waals surface area contributed by atoms with Gasteiger partial charge in [0.05, 0.1) is 29.7 Å². The van der Waals surface area contributed by atoms with Crippen molar-refractivity contribution in [2.24, 2.45) is 5.92 Å². The van der Waals surface area contributed by atoms with E-state index in [1.165, 1.54) is 7.11 Å². The van der Waals surface area contributed by atoms with Gasteiger partial charge in [0.15, 0.2) is 11.6 Å². The highest BCUT2D eigenvalue weighted by Gasteiger charge is 2.71. The molecule has 0 aliphatic carbocycles. The SMILES string of the molecule is COc1ccccc1C(=O)[C@@H]1[C@H](C(=O)c2ccccc2Cl)[C@]2(C(=O)Nc3ccccc32)[C@H]2c3ccccc3C=CN12. The molecular weight excluding hydrogens is 536 g/mol. The Hall–Kier alpha value is -4.68. The van der Waals surface area contributed by atoms with Crippen LogP contribution in [0.15, 0.2) is 103 Å². The van der Waals surface area contributed by atoms with E-state index in [0.717, 1.165) is 11.1 Å². The number of anilines is 1. The van der Waals surface area contributed by atoms with Crippen LogP contribution in [0.1, 0.15) is 43.4 Å². The van der Waals surface area contributed by atoms with Crippen LogP contribution in [0, 0.1) is 5.92 Å². The van der Waals surface area contributed by atoms with Crippen LogP contribution < -0.4 is 10.1 Å². The second-order valence-electron chi connectivity index (χ2n) is 10.5. The zero-order valence-electron chi connectivity index (χ0n) is 22.1. The van der Waals surface area contributed by atoms with E-state index in [0.29, 0.717) is 22.6 Å². The Bertz CT molecular complexity index is 1780. The zero-order valence-corrected chi connectivity index (χ0v) is 22.8. The lowest BCUT2D eigenvalue weighted by Gasteiger charge is -2.38. The minimum absolute atomic E-state index is 0.267. The molecule has 1 amide bonds. The van der Waals surface area contributed by atoms with Gasteiger partial charge in [0.1, 0.15) is 17.2 Å². The summed E-state index contributed by atoms with van der Waals surface area (Å²) in [5.74, 6) is -1.70. The predicted molar refractivity (Wildman–Crippen MR) is 157 cm³/mol. The molecule has 1 saturated heterocycles. The number of nitrogens with zero attached hydrogens (tertiary/aromatic N) is 1. The van der Waals surface area contributed by atoms with Gasteiger partial charge >= 0.3 is 0 Å². The number of para-hydroxylation sites is 2. The molecule has 0 unspecified atom stereocenters. The highest BCUT2D eigenvalue weighted by Crippen LogP contribution is 2.62. The smallest absolute Gasteiger partial charge is 0.238 e. The van der Waals surface area contributed by atoms with E-state index in [1.807, 2.05) is 65.7 Å². The van der Waals surface area contributed by atoms with Crippen LogP contribution in [0.5, 0.6) is 5.75 Å². The van der Waals surface area contributed by atoms with Crippen LogP contribution in [0.25, 0.3) is 6.08 Å². The van der Waals surface area contributed by atoms with Crippen LogP contribution in [0.2, 0.25) is 5.02 Å². The van der Waals surface area contributed by atoms with Gasteiger partial charge in [-0.1, -0.05) is 78.3 Å². The number of nitrogens with one attached hydrogen (secondary N) is 1. The molecule has 0 bridgehead atoms. The summed E-state index contributed by atoms with van der Waals surface area (Å²) in [5.41, 5.74) is 2.31. The molecule has 4 aromatic rings. The minimum atomic E-state index is -1.42. The third-order valence-corrected chi connectivity index (χ3v) is 8.96. The molecule has 41 heavy (non-hydrogen) atoms. The number of carbonyl (C=O) groups is 3. The van der Waals surface area contributed by atoms with Gasteiger partial charge < -0.3 is 15.0 Å². The standard InChI is InChI=1S/C34H25ClN2O4/c1-41-27-17-9-5-13-23(27)31(39)29-28(30(38)22-12-4-7-15-25(22)35)34(24-14-6-8-16-26(24)36-33(34)40)32-21-11-3-2-10-20(21)18-19-37(29)32/h2-19,28-29,32H,1H3,(H,36,40)/t28-,29+,32-,34+/m1/s1. The molecule has 0 radical (unpaired) electrons. The van der Waals surface area contributed by atoms with Crippen molar-refractivity contribution in [3.63, 3.8) is 0 Å². The first-order chi connectivity index (χ1) is 20.0. The number of fused-ring (bicyclic) bond motifs is 6. The van der Waals surface area contributed by atoms with E-state index < -0.39 is 23.4 Å². The van der Waals surface area contributed by atoms with Crippen LogP contribution in [0.3, 0.4) is 0 Å². The Balaban J connectivity index is 1.56. The number of hydrogen-bond donors (Lipinski definition) is 1. The van der Waals surface area contributed by atoms with Crippen LogP contribution in [-0.4, -0.2) is 35.5 Å². The average Bonchev–Trinajstić information content (AvgIpc) is 3.49. The molecule has 1 fully saturated rings. The van der Waals surface area contributed by atoms with Crippen molar-refractivity contribution in [1.82, 2.24) is 4.90 Å². The molecule has 7 heteroatoms. The van der Waals surface area contributed by atoms with Crippen molar-refractivity contribution in [2.45, 2.75) is 17.5 Å². The fourth-order valence-electron chi connectivity index (χ4n) is 7.00. The first-order valence-electron chi connectivity index (χ1n) is 13.4. The first-order valence-corrected chi connectivity index (χ1v) is 13.8. The van der Waals surface area contributed by atoms with Crippen molar-refractivity contribution in [1.29, 1.82) is 0 Å². The molecule has 3 aliphatic rings. The average molecular weight is 561 g/mol. The van der Waals surface area contributed by atoms with Gasteiger partial charge in [-0.2, -0.15) is 0 Å². The maximum Gasteiger partial charge on any atom is 0.238 e. The maximum atomic E-state index is 14.8. The number of hydrogen-bond acceptors (Lipinski definition) is 5. The number of ether oxygens (including phenoxy) is 1. The van der Waals surface area contributed by atoms with Crippen molar-refractivity contribution in [3.8, 4) is 5.75 Å². The Labute approximate surface area is 242 Å². The number of ketones is 2. The third kappa shape index (κ3) is 3.47. The number of rotatable bonds is 5. The summed E-state index contributed by atoms with van der Waals surface area (Å²) >= 11 is 6.60. The summed E-state index contributed by atoms with van der Waals surface area (Å²) in [5, 5.41) is 3.32. The molecule has 6 nitrogen and oxygen atoms in total. The second-order valence-corrected chi connectivity index (χ2v) is 10.9. The lowest BCUT2D eigenvalue weighted by Crippen LogP contribution is -2.49. The number of Topliss-reactive ketones (excluding diaryl/α,β-unsaturated/α-hetero) is 2. The monoisotopic (exact) mass is 560 g/mol. The van der Waals surface area contributed by atoms with Crippen molar-refractivity contribution in [2.75, 3.05) is 12.4 Å². The van der Waals surface area contributed by atoms with E-state index in [2.05, 4.69) is 5.32 Å². The molecule has 1 spiro atoms. The number of benzene rings is 4. The Kier molecular flexibility index (Phi) is 5.84. The van der Waals surface area contributed by atoms with Crippen molar-refractivity contribution >= 4 is 40.8 Å². The number of methoxy groups -OCH3 is 1. The van der Waals surface area contributed by atoms with E-state index in [-0.39, 0.29) is 28.1 Å². The quantitative estimate of drug-likeness (QED) is 0.289. The summed E-state index contributed by atoms with van der Waals surface area (Å²) < 4.78 is 5.57. The highest BCUT2D eigenvalue weighted by molar-refractivity contribution is 6.34. The normalized spacial score (nSPS) is 23.5. The number of halogens is 1. The molecular formula is C34H25ClN2O4. The molecule has 0 saturated carbocycles. The fourth-order valence-corrected chi connectivity index (χ4v) is 7.23. The lowest BCUT2D eigenvalue weighted by molar-refractivity contribution is -0.122. The molecule has 0 aromatic heterocycles. The topological polar surface area (TPSA) is 75.7 Å². The second kappa shape index (κ2) is 9.46. The third-order valence-electron chi connectivity index (χ3n) is 8.63. The lowest BCUT2D eigenvalue weighted by atomic mass is 9.62. The Morgan fingerprint density at radius 3 is 2.34 bits per heavy atom. The van der Waals surface area contributed by atoms with Crippen molar-refractivity contribution < 1.29 is 19.1 Å². The van der Waals surface area contributed by atoms with Gasteiger partial charge in [0, 0.05) is 17.5 Å². The fraction of sp³-hybridized carbons (Fsp3) is 0.147. The highest BCUT2D eigenvalue weighted by atomic mass is 35.5. The van der Waals surface area contributed by atoms with Crippen LogP contribution >= 0.6 is 11.6 Å². The van der Waals surface area contributed by atoms with Gasteiger partial charge in [-0.15, -0.1) is 0 Å². The number of amides is 1. The van der Waals surface area contributed by atoms with E-state index in [9.17, 15) is 14.4 Å². The molecule has 3 heterocycles. The summed E-state index contributed by atoms with van der Waals surface area (Å²) in [6.07, 6.45) is 3.78. The van der Waals surface area contributed by atoms with E-state index >= 15 is 0 Å². The Morgan fingerprint density at radius 2 is 1.54 bits per heavy atom. The van der Waals surface area contributed by atoms with Crippen LogP contribution in [0.4, 0.5) is 5.69 Å². The molecule has 3 aliphatic heterocycles. The molecule has 7 rings (SSSR count). The summed E-state index contributed by atoms with van der Waals surface area (Å²) in [7, 11) is 1.51. The summed E-state index contributed by atoms with van der Waals surface area (Å²) in [6, 6.07) is 27.4. The first kappa shape index (κ1) is 25.3. The molecule has 1 N–H and O–H groups in total. The summed E-state index contributed by atoms with van der Waals surface area (Å²) in [4.78, 5) is 45.9. The Morgan fingerprint density at radius 1 is 0.854 bits per heavy atom. The molecule has 202 valence electrons. The van der Waals surface area contributed by atoms with Gasteiger partial charge in [-0.3, -0.25) is 14.4 Å². The minimum Gasteiger partial charge on any atom is -0.496 e. The maximum absolute atomic E-state index is 14.8. The van der Waals surface area contributed by atoms with E-state index in [4.69, 9.17) is 16.3 Å². The zero-order chi connectivity index (χ0) is 28.3. The van der Waals surface area contributed by atoms with Gasteiger partial charge in [-0.25, -0.2) is 0 Å². The molecule has 4 aromatic carbocycles. The molecule has 4 atom stereocenters. The number of carbonyl (C=O) groups excluding carboxylic acids is 3. The summed E-state index contributed by atoms with van der Waals surface area (Å²) in [6.45, 7) is 0. The van der Waals surface area contributed by atoms with Gasteiger partial charge in [0.2, 0.25) is 5.91 Å². The predicted octanol–water partition coefficient (Wildman–Crippen LogP) is 6.33. The van der Waals surface area contributed by atoms with Crippen molar-refractivity contribution in [3.05, 3.63) is 136 Å². The largest absolute Gasteiger partial charge is 0.496 e. The van der Waals surface area contributed by atoms with Gasteiger partial charge in [-0.05, 0) is 53.1 Å². The van der Waals surface area contributed by atoms with E-state index in [1.54, 1.807) is 48.5 Å².